The molecule has 0 saturated carbocycles. The fourth-order valence-electron chi connectivity index (χ4n) is 2.03. The van der Waals surface area contributed by atoms with Gasteiger partial charge in [-0.1, -0.05) is 44.5 Å². The summed E-state index contributed by atoms with van der Waals surface area (Å²) < 4.78 is 0. The number of carbonyl (C=O) groups is 1. The number of aliphatic carboxylic acids is 1. The molecule has 0 unspecified atom stereocenters. The zero-order chi connectivity index (χ0) is 13.9. The molecule has 0 spiro atoms. The van der Waals surface area contributed by atoms with Crippen LogP contribution in [0.3, 0.4) is 0 Å². The molecule has 2 heteroatoms. The van der Waals surface area contributed by atoms with Gasteiger partial charge in [0.15, 0.2) is 0 Å². The van der Waals surface area contributed by atoms with Crippen LogP contribution in [0, 0.1) is 19.3 Å². The fourth-order valence-corrected chi connectivity index (χ4v) is 2.03. The van der Waals surface area contributed by atoms with Crippen LogP contribution in [0.25, 0.3) is 5.57 Å². The molecular formula is C16H22O2. The summed E-state index contributed by atoms with van der Waals surface area (Å²) in [5, 5.41) is 9.03. The number of carboxylic acid groups (broad SMARTS) is 1. The lowest BCUT2D eigenvalue weighted by Gasteiger charge is -2.21. The van der Waals surface area contributed by atoms with Crippen LogP contribution < -0.4 is 0 Å². The highest BCUT2D eigenvalue weighted by atomic mass is 16.4. The van der Waals surface area contributed by atoms with Crippen molar-refractivity contribution in [1.29, 1.82) is 0 Å². The van der Waals surface area contributed by atoms with Crippen LogP contribution in [0.4, 0.5) is 0 Å². The van der Waals surface area contributed by atoms with Crippen molar-refractivity contribution >= 4 is 11.5 Å². The summed E-state index contributed by atoms with van der Waals surface area (Å²) in [6.07, 6.45) is 2.09. The quantitative estimate of drug-likeness (QED) is 0.811. The van der Waals surface area contributed by atoms with E-state index in [9.17, 15) is 4.79 Å². The predicted octanol–water partition coefficient (Wildman–Crippen LogP) is 4.21. The van der Waals surface area contributed by atoms with E-state index >= 15 is 0 Å². The van der Waals surface area contributed by atoms with Gasteiger partial charge in [0.05, 0.1) is 0 Å². The standard InChI is InChI=1S/C16H22O2/c1-11-6-7-12(2)14(8-11)13(9-15(17)18)10-16(3,4)5/h6-9H,10H2,1-5H3,(H,17,18)/b13-9-. The second kappa shape index (κ2) is 5.38. The summed E-state index contributed by atoms with van der Waals surface area (Å²) in [5.74, 6) is -0.879. The maximum absolute atomic E-state index is 11.0. The molecule has 2 nitrogen and oxygen atoms in total. The van der Waals surface area contributed by atoms with Gasteiger partial charge in [0.1, 0.15) is 0 Å². The molecule has 0 saturated heterocycles. The van der Waals surface area contributed by atoms with Crippen LogP contribution in [0.15, 0.2) is 24.3 Å². The molecular weight excluding hydrogens is 224 g/mol. The molecule has 1 aromatic rings. The highest BCUT2D eigenvalue weighted by Crippen LogP contribution is 2.32. The van der Waals surface area contributed by atoms with Crippen LogP contribution in [0.2, 0.25) is 0 Å². The Morgan fingerprint density at radius 3 is 2.39 bits per heavy atom. The fraction of sp³-hybridized carbons (Fsp3) is 0.438. The zero-order valence-electron chi connectivity index (χ0n) is 11.9. The number of allylic oxidation sites excluding steroid dienone is 1. The van der Waals surface area contributed by atoms with E-state index in [4.69, 9.17) is 5.11 Å². The summed E-state index contributed by atoms with van der Waals surface area (Å²) >= 11 is 0. The maximum Gasteiger partial charge on any atom is 0.328 e. The summed E-state index contributed by atoms with van der Waals surface area (Å²) in [6.45, 7) is 10.4. The maximum atomic E-state index is 11.0. The van der Waals surface area contributed by atoms with Gasteiger partial charge < -0.3 is 5.11 Å². The second-order valence-electron chi connectivity index (χ2n) is 6.06. The lowest BCUT2D eigenvalue weighted by Crippen LogP contribution is -2.08. The number of hydrogen-bond acceptors (Lipinski definition) is 1. The first kappa shape index (κ1) is 14.5. The van der Waals surface area contributed by atoms with Gasteiger partial charge in [0.25, 0.3) is 0 Å². The first-order valence-corrected chi connectivity index (χ1v) is 6.20. The van der Waals surface area contributed by atoms with Gasteiger partial charge in [-0.05, 0) is 42.4 Å². The summed E-state index contributed by atoms with van der Waals surface area (Å²) in [5.41, 5.74) is 4.29. The molecule has 18 heavy (non-hydrogen) atoms. The minimum Gasteiger partial charge on any atom is -0.478 e. The molecule has 0 aliphatic carbocycles. The van der Waals surface area contributed by atoms with Gasteiger partial charge in [-0.25, -0.2) is 4.79 Å². The van der Waals surface area contributed by atoms with Crippen LogP contribution >= 0.6 is 0 Å². The first-order valence-electron chi connectivity index (χ1n) is 6.20. The third-order valence-corrected chi connectivity index (χ3v) is 2.76. The summed E-state index contributed by atoms with van der Waals surface area (Å²) in [4.78, 5) is 11.0. The van der Waals surface area contributed by atoms with Gasteiger partial charge in [-0.15, -0.1) is 0 Å². The predicted molar refractivity (Wildman–Crippen MR) is 75.6 cm³/mol. The molecule has 0 bridgehead atoms. The first-order chi connectivity index (χ1) is 8.19. The Balaban J connectivity index is 3.26. The normalized spacial score (nSPS) is 12.6. The molecule has 1 aromatic carbocycles. The minimum atomic E-state index is -0.879. The number of aryl methyl sites for hydroxylation is 2. The highest BCUT2D eigenvalue weighted by Gasteiger charge is 2.17. The molecule has 0 aliphatic heterocycles. The van der Waals surface area contributed by atoms with Crippen LogP contribution in [-0.4, -0.2) is 11.1 Å². The van der Waals surface area contributed by atoms with Gasteiger partial charge >= 0.3 is 5.97 Å². The summed E-state index contributed by atoms with van der Waals surface area (Å²) in [6, 6.07) is 6.16. The van der Waals surface area contributed by atoms with Crippen molar-refractivity contribution in [3.8, 4) is 0 Å². The number of hydrogen-bond donors (Lipinski definition) is 1. The molecule has 1 rings (SSSR count). The number of carboxylic acids is 1. The Kier molecular flexibility index (Phi) is 4.33. The van der Waals surface area contributed by atoms with E-state index in [-0.39, 0.29) is 5.41 Å². The third-order valence-electron chi connectivity index (χ3n) is 2.76. The van der Waals surface area contributed by atoms with Crippen LogP contribution in [0.1, 0.15) is 43.9 Å². The highest BCUT2D eigenvalue weighted by molar-refractivity contribution is 5.90. The largest absolute Gasteiger partial charge is 0.478 e. The van der Waals surface area contributed by atoms with E-state index in [1.54, 1.807) is 0 Å². The van der Waals surface area contributed by atoms with Crippen molar-refractivity contribution in [1.82, 2.24) is 0 Å². The van der Waals surface area contributed by atoms with Crippen molar-refractivity contribution in [2.75, 3.05) is 0 Å². The van der Waals surface area contributed by atoms with Crippen molar-refractivity contribution in [2.45, 2.75) is 41.0 Å². The molecule has 0 aliphatic rings. The smallest absolute Gasteiger partial charge is 0.328 e. The van der Waals surface area contributed by atoms with E-state index in [0.29, 0.717) is 0 Å². The van der Waals surface area contributed by atoms with Gasteiger partial charge in [0.2, 0.25) is 0 Å². The second-order valence-corrected chi connectivity index (χ2v) is 6.06. The third kappa shape index (κ3) is 4.36. The molecule has 0 atom stereocenters. The van der Waals surface area contributed by atoms with Crippen molar-refractivity contribution in [3.05, 3.63) is 41.0 Å². The minimum absolute atomic E-state index is 0.0669. The van der Waals surface area contributed by atoms with Crippen LogP contribution in [0.5, 0.6) is 0 Å². The molecule has 98 valence electrons. The van der Waals surface area contributed by atoms with Crippen molar-refractivity contribution in [2.24, 2.45) is 5.41 Å². The average molecular weight is 246 g/mol. The van der Waals surface area contributed by atoms with E-state index < -0.39 is 5.97 Å². The Morgan fingerprint density at radius 1 is 1.28 bits per heavy atom. The van der Waals surface area contributed by atoms with Crippen LogP contribution in [-0.2, 0) is 4.79 Å². The van der Waals surface area contributed by atoms with Crippen molar-refractivity contribution in [3.63, 3.8) is 0 Å². The molecule has 0 radical (unpaired) electrons. The lowest BCUT2D eigenvalue weighted by atomic mass is 9.83. The van der Waals surface area contributed by atoms with E-state index in [1.807, 2.05) is 26.0 Å². The van der Waals surface area contributed by atoms with Gasteiger partial charge in [-0.3, -0.25) is 0 Å². The Morgan fingerprint density at radius 2 is 1.89 bits per heavy atom. The summed E-state index contributed by atoms with van der Waals surface area (Å²) in [7, 11) is 0. The number of rotatable bonds is 3. The zero-order valence-corrected chi connectivity index (χ0v) is 11.9. The molecule has 0 fully saturated rings. The van der Waals surface area contributed by atoms with E-state index in [2.05, 4.69) is 26.8 Å². The monoisotopic (exact) mass is 246 g/mol. The van der Waals surface area contributed by atoms with Gasteiger partial charge in [-0.2, -0.15) is 0 Å². The molecule has 0 aromatic heterocycles. The Bertz CT molecular complexity index is 476. The topological polar surface area (TPSA) is 37.3 Å². The SMILES string of the molecule is Cc1ccc(C)c(/C(=C\C(=O)O)CC(C)(C)C)c1. The van der Waals surface area contributed by atoms with E-state index in [0.717, 1.165) is 28.7 Å². The Labute approximate surface area is 109 Å². The van der Waals surface area contributed by atoms with Gasteiger partial charge in [0, 0.05) is 6.08 Å². The van der Waals surface area contributed by atoms with Crippen molar-refractivity contribution < 1.29 is 9.90 Å². The molecule has 1 N–H and O–H groups in total. The van der Waals surface area contributed by atoms with E-state index in [1.165, 1.54) is 6.08 Å². The average Bonchev–Trinajstić information content (AvgIpc) is 2.18. The Hall–Kier alpha value is -1.57. The molecule has 0 heterocycles. The lowest BCUT2D eigenvalue weighted by molar-refractivity contribution is -0.131. The number of benzene rings is 1. The molecule has 0 amide bonds.